The van der Waals surface area contributed by atoms with Gasteiger partial charge in [0.1, 0.15) is 5.82 Å². The van der Waals surface area contributed by atoms with Gasteiger partial charge in [-0.3, -0.25) is 9.59 Å². The highest BCUT2D eigenvalue weighted by atomic mass is 32.2. The number of nitrogens with zero attached hydrogens (tertiary/aromatic N) is 1. The van der Waals surface area contributed by atoms with Crippen molar-refractivity contribution in [2.24, 2.45) is 0 Å². The molecule has 7 heteroatoms. The normalized spacial score (nSPS) is 11.4. The van der Waals surface area contributed by atoms with Crippen LogP contribution >= 0.6 is 11.8 Å². The number of aliphatic carboxylic acids is 1. The van der Waals surface area contributed by atoms with Gasteiger partial charge >= 0.3 is 5.97 Å². The fourth-order valence-electron chi connectivity index (χ4n) is 3.40. The molecule has 1 amide bonds. The van der Waals surface area contributed by atoms with Gasteiger partial charge in [-0.1, -0.05) is 54.6 Å². The van der Waals surface area contributed by atoms with Crippen LogP contribution in [0.15, 0.2) is 108 Å². The molecule has 34 heavy (non-hydrogen) atoms. The summed E-state index contributed by atoms with van der Waals surface area (Å²) in [6, 6.07) is 29.7. The summed E-state index contributed by atoms with van der Waals surface area (Å²) < 4.78 is 0. The van der Waals surface area contributed by atoms with Gasteiger partial charge in [0, 0.05) is 27.6 Å². The molecule has 6 nitrogen and oxygen atoms in total. The molecule has 4 rings (SSSR count). The average Bonchev–Trinajstić information content (AvgIpc) is 2.86. The van der Waals surface area contributed by atoms with Crippen LogP contribution in [0.1, 0.15) is 27.6 Å². The minimum absolute atomic E-state index is 0.0296. The van der Waals surface area contributed by atoms with E-state index < -0.39 is 5.97 Å². The van der Waals surface area contributed by atoms with Gasteiger partial charge in [0.05, 0.1) is 12.1 Å². The van der Waals surface area contributed by atoms with E-state index >= 15 is 0 Å². The Kier molecular flexibility index (Phi) is 7.57. The highest BCUT2D eigenvalue weighted by molar-refractivity contribution is 7.99. The highest BCUT2D eigenvalue weighted by Gasteiger charge is 2.19. The van der Waals surface area contributed by atoms with E-state index in [1.807, 2.05) is 78.9 Å². The number of amides is 1. The van der Waals surface area contributed by atoms with Crippen molar-refractivity contribution in [1.29, 1.82) is 0 Å². The van der Waals surface area contributed by atoms with Crippen molar-refractivity contribution >= 4 is 40.8 Å². The monoisotopic (exact) mass is 469 g/mol. The summed E-state index contributed by atoms with van der Waals surface area (Å²) >= 11 is 1.42. The number of para-hydroxylation sites is 1. The van der Waals surface area contributed by atoms with Crippen molar-refractivity contribution < 1.29 is 14.7 Å². The average molecular weight is 470 g/mol. The molecular formula is C27H23N3O3S. The van der Waals surface area contributed by atoms with E-state index in [4.69, 9.17) is 0 Å². The van der Waals surface area contributed by atoms with Gasteiger partial charge in [0.2, 0.25) is 0 Å². The molecule has 0 saturated heterocycles. The minimum atomic E-state index is -0.875. The molecule has 0 aliphatic carbocycles. The first-order valence-electron chi connectivity index (χ1n) is 10.7. The lowest BCUT2D eigenvalue weighted by Crippen LogP contribution is -2.13. The number of thioether (sulfide) groups is 1. The zero-order chi connectivity index (χ0) is 23.8. The number of aromatic nitrogens is 1. The molecule has 3 N–H and O–H groups in total. The van der Waals surface area contributed by atoms with Crippen molar-refractivity contribution in [3.63, 3.8) is 0 Å². The zero-order valence-corrected chi connectivity index (χ0v) is 19.0. The molecule has 0 aliphatic rings. The maximum Gasteiger partial charge on any atom is 0.304 e. The first-order chi connectivity index (χ1) is 16.6. The molecule has 0 bridgehead atoms. The van der Waals surface area contributed by atoms with Crippen LogP contribution in [0, 0.1) is 0 Å². The van der Waals surface area contributed by atoms with Crippen LogP contribution in [0.5, 0.6) is 0 Å². The van der Waals surface area contributed by atoms with Crippen molar-refractivity contribution in [2.45, 2.75) is 16.6 Å². The lowest BCUT2D eigenvalue weighted by atomic mass is 10.1. The zero-order valence-electron chi connectivity index (χ0n) is 18.2. The first-order valence-corrected chi connectivity index (χ1v) is 11.6. The standard InChI is InChI=1S/C27H23N3O3S/c31-26(32)18-24(19-9-2-1-3-10-19)34-23-14-5-4-13-22(23)30-27(33)20-11-8-12-21(17-20)29-25-15-6-7-16-28-25/h1-17,24H,18H2,(H,28,29)(H,30,33)(H,31,32). The predicted molar refractivity (Wildman–Crippen MR) is 136 cm³/mol. The van der Waals surface area contributed by atoms with Gasteiger partial charge in [-0.05, 0) is 48.0 Å². The molecule has 3 aromatic carbocycles. The topological polar surface area (TPSA) is 91.3 Å². The molecule has 1 atom stereocenters. The summed E-state index contributed by atoms with van der Waals surface area (Å²) in [5, 5.41) is 15.3. The van der Waals surface area contributed by atoms with E-state index in [-0.39, 0.29) is 17.6 Å². The van der Waals surface area contributed by atoms with Gasteiger partial charge in [-0.15, -0.1) is 11.8 Å². The van der Waals surface area contributed by atoms with Crippen LogP contribution in [0.4, 0.5) is 17.2 Å². The third-order valence-corrected chi connectivity index (χ3v) is 6.33. The summed E-state index contributed by atoms with van der Waals surface area (Å²) in [6.45, 7) is 0. The minimum Gasteiger partial charge on any atom is -0.481 e. The third kappa shape index (κ3) is 6.24. The summed E-state index contributed by atoms with van der Waals surface area (Å²) in [6.07, 6.45) is 1.67. The van der Waals surface area contributed by atoms with E-state index in [1.165, 1.54) is 11.8 Å². The number of hydrogen-bond acceptors (Lipinski definition) is 5. The van der Waals surface area contributed by atoms with Gasteiger partial charge < -0.3 is 15.7 Å². The Morgan fingerprint density at radius 2 is 1.65 bits per heavy atom. The number of hydrogen-bond donors (Lipinski definition) is 3. The highest BCUT2D eigenvalue weighted by Crippen LogP contribution is 2.41. The van der Waals surface area contributed by atoms with E-state index in [0.29, 0.717) is 17.1 Å². The maximum absolute atomic E-state index is 13.0. The Hall–Kier alpha value is -4.10. The van der Waals surface area contributed by atoms with Crippen LogP contribution in [0.3, 0.4) is 0 Å². The second-order valence-electron chi connectivity index (χ2n) is 7.49. The van der Waals surface area contributed by atoms with Crippen LogP contribution < -0.4 is 10.6 Å². The molecule has 0 saturated carbocycles. The van der Waals surface area contributed by atoms with Gasteiger partial charge in [-0.2, -0.15) is 0 Å². The van der Waals surface area contributed by atoms with Gasteiger partial charge in [0.25, 0.3) is 5.91 Å². The number of nitrogens with one attached hydrogen (secondary N) is 2. The first kappa shape index (κ1) is 23.1. The molecule has 1 heterocycles. The fourth-order valence-corrected chi connectivity index (χ4v) is 4.63. The van der Waals surface area contributed by atoms with Crippen molar-refractivity contribution in [1.82, 2.24) is 4.98 Å². The Bertz CT molecular complexity index is 1270. The number of carbonyl (C=O) groups is 2. The maximum atomic E-state index is 13.0. The number of rotatable bonds is 9. The van der Waals surface area contributed by atoms with Crippen LogP contribution in [-0.2, 0) is 4.79 Å². The predicted octanol–water partition coefficient (Wildman–Crippen LogP) is 6.39. The van der Waals surface area contributed by atoms with Gasteiger partial charge in [-0.25, -0.2) is 4.98 Å². The largest absolute Gasteiger partial charge is 0.481 e. The Balaban J connectivity index is 1.52. The van der Waals surface area contributed by atoms with Gasteiger partial charge in [0.15, 0.2) is 0 Å². The number of carbonyl (C=O) groups excluding carboxylic acids is 1. The summed E-state index contributed by atoms with van der Waals surface area (Å²) in [5.41, 5.74) is 2.79. The van der Waals surface area contributed by atoms with Crippen LogP contribution in [0.25, 0.3) is 0 Å². The summed E-state index contributed by atoms with van der Waals surface area (Å²) in [7, 11) is 0. The van der Waals surface area contributed by atoms with Crippen molar-refractivity contribution in [3.8, 4) is 0 Å². The van der Waals surface area contributed by atoms with Crippen molar-refractivity contribution in [3.05, 3.63) is 114 Å². The number of benzene rings is 3. The van der Waals surface area contributed by atoms with Crippen molar-refractivity contribution in [2.75, 3.05) is 10.6 Å². The number of pyridine rings is 1. The lowest BCUT2D eigenvalue weighted by molar-refractivity contribution is -0.137. The van der Waals surface area contributed by atoms with Crippen LogP contribution in [-0.4, -0.2) is 22.0 Å². The molecule has 1 unspecified atom stereocenters. The fraction of sp³-hybridized carbons (Fsp3) is 0.0741. The Labute approximate surface area is 202 Å². The summed E-state index contributed by atoms with van der Waals surface area (Å²) in [4.78, 5) is 29.6. The molecule has 0 fully saturated rings. The SMILES string of the molecule is O=C(O)CC(Sc1ccccc1NC(=O)c1cccc(Nc2ccccn2)c1)c1ccccc1. The second-order valence-corrected chi connectivity index (χ2v) is 8.73. The van der Waals surface area contributed by atoms with E-state index in [0.717, 1.165) is 16.1 Å². The molecule has 1 aromatic heterocycles. The number of carboxylic acid groups (broad SMARTS) is 1. The molecule has 4 aromatic rings. The van der Waals surface area contributed by atoms with E-state index in [2.05, 4.69) is 15.6 Å². The quantitative estimate of drug-likeness (QED) is 0.246. The van der Waals surface area contributed by atoms with Crippen LogP contribution in [0.2, 0.25) is 0 Å². The van der Waals surface area contributed by atoms with E-state index in [1.54, 1.807) is 24.4 Å². The second kappa shape index (κ2) is 11.2. The Morgan fingerprint density at radius 1 is 0.882 bits per heavy atom. The Morgan fingerprint density at radius 3 is 2.41 bits per heavy atom. The molecule has 170 valence electrons. The summed E-state index contributed by atoms with van der Waals surface area (Å²) in [5.74, 6) is -0.445. The molecule has 0 radical (unpaired) electrons. The third-order valence-electron chi connectivity index (χ3n) is 5.00. The number of carboxylic acids is 1. The van der Waals surface area contributed by atoms with E-state index in [9.17, 15) is 14.7 Å². The molecule has 0 spiro atoms. The molecular weight excluding hydrogens is 446 g/mol. The smallest absolute Gasteiger partial charge is 0.304 e. The number of anilines is 3. The molecule has 0 aliphatic heterocycles. The lowest BCUT2D eigenvalue weighted by Gasteiger charge is -2.18.